The van der Waals surface area contributed by atoms with Crippen molar-refractivity contribution in [1.29, 1.82) is 0 Å². The quantitative estimate of drug-likeness (QED) is 0.644. The SMILES string of the molecule is FC1(F)CCN(C2=NCCOc3ccc(-c4ccc(C(F)(F)F)cc4)cc32)C1. The highest BCUT2D eigenvalue weighted by Crippen LogP contribution is 2.35. The molecule has 0 aromatic heterocycles. The lowest BCUT2D eigenvalue weighted by Gasteiger charge is -2.21. The van der Waals surface area contributed by atoms with Crippen LogP contribution in [0.1, 0.15) is 17.5 Å². The monoisotopic (exact) mass is 396 g/mol. The first-order valence-corrected chi connectivity index (χ1v) is 8.85. The van der Waals surface area contributed by atoms with Gasteiger partial charge in [-0.25, -0.2) is 8.78 Å². The van der Waals surface area contributed by atoms with Gasteiger partial charge in [0.05, 0.1) is 24.2 Å². The standard InChI is InChI=1S/C20H17F5N2O/c21-19(22)7-9-27(12-19)18-16-11-14(3-6-17(16)28-10-8-26-18)13-1-4-15(5-2-13)20(23,24)25/h1-6,11H,7-10,12H2. The van der Waals surface area contributed by atoms with Gasteiger partial charge in [-0.1, -0.05) is 18.2 Å². The number of benzene rings is 2. The molecule has 0 unspecified atom stereocenters. The van der Waals surface area contributed by atoms with Crippen LogP contribution in [0.15, 0.2) is 47.5 Å². The molecule has 2 aromatic carbocycles. The molecule has 0 aliphatic carbocycles. The Labute approximate surface area is 158 Å². The zero-order chi connectivity index (χ0) is 19.9. The molecule has 8 heteroatoms. The van der Waals surface area contributed by atoms with E-state index in [1.54, 1.807) is 23.1 Å². The van der Waals surface area contributed by atoms with Crippen molar-refractivity contribution in [2.45, 2.75) is 18.5 Å². The van der Waals surface area contributed by atoms with E-state index in [9.17, 15) is 22.0 Å². The fourth-order valence-corrected chi connectivity index (χ4v) is 3.44. The number of rotatable bonds is 1. The van der Waals surface area contributed by atoms with E-state index in [2.05, 4.69) is 4.99 Å². The Bertz CT molecular complexity index is 906. The molecule has 1 saturated heterocycles. The Kier molecular flexibility index (Phi) is 4.51. The van der Waals surface area contributed by atoms with Crippen molar-refractivity contribution in [2.24, 2.45) is 4.99 Å². The number of alkyl halides is 5. The summed E-state index contributed by atoms with van der Waals surface area (Å²) in [4.78, 5) is 5.97. The van der Waals surface area contributed by atoms with Crippen molar-refractivity contribution in [2.75, 3.05) is 26.2 Å². The van der Waals surface area contributed by atoms with Gasteiger partial charge >= 0.3 is 6.18 Å². The summed E-state index contributed by atoms with van der Waals surface area (Å²) in [6.45, 7) is 0.466. The number of hydrogen-bond donors (Lipinski definition) is 0. The van der Waals surface area contributed by atoms with E-state index in [0.717, 1.165) is 12.1 Å². The summed E-state index contributed by atoms with van der Waals surface area (Å²) in [5, 5.41) is 0. The molecule has 2 aromatic rings. The second kappa shape index (κ2) is 6.76. The van der Waals surface area contributed by atoms with Crippen LogP contribution in [0.25, 0.3) is 11.1 Å². The van der Waals surface area contributed by atoms with E-state index in [0.29, 0.717) is 41.4 Å². The summed E-state index contributed by atoms with van der Waals surface area (Å²) in [5.41, 5.74) is 1.10. The second-order valence-electron chi connectivity index (χ2n) is 6.87. The van der Waals surface area contributed by atoms with Gasteiger partial charge in [0.2, 0.25) is 0 Å². The van der Waals surface area contributed by atoms with Crippen molar-refractivity contribution in [3.05, 3.63) is 53.6 Å². The predicted molar refractivity (Wildman–Crippen MR) is 94.9 cm³/mol. The first kappa shape index (κ1) is 18.7. The average molecular weight is 396 g/mol. The van der Waals surface area contributed by atoms with Crippen LogP contribution in [0.2, 0.25) is 0 Å². The van der Waals surface area contributed by atoms with Crippen LogP contribution in [-0.4, -0.2) is 42.9 Å². The maximum atomic E-state index is 13.7. The van der Waals surface area contributed by atoms with E-state index in [1.807, 2.05) is 0 Å². The fraction of sp³-hybridized carbons (Fsp3) is 0.350. The van der Waals surface area contributed by atoms with E-state index in [1.165, 1.54) is 12.1 Å². The summed E-state index contributed by atoms with van der Waals surface area (Å²) in [6.07, 6.45) is -4.64. The highest BCUT2D eigenvalue weighted by Gasteiger charge is 2.40. The molecule has 1 fully saturated rings. The number of amidine groups is 1. The Balaban J connectivity index is 1.70. The summed E-state index contributed by atoms with van der Waals surface area (Å²) in [7, 11) is 0. The number of fused-ring (bicyclic) bond motifs is 1. The molecule has 0 atom stereocenters. The molecule has 2 aliphatic rings. The number of aliphatic imine (C=N–C) groups is 1. The first-order valence-electron chi connectivity index (χ1n) is 8.85. The summed E-state index contributed by atoms with van der Waals surface area (Å²) < 4.78 is 71.4. The normalized spacial score (nSPS) is 18.9. The minimum Gasteiger partial charge on any atom is -0.491 e. The van der Waals surface area contributed by atoms with Crippen LogP contribution in [0.5, 0.6) is 5.75 Å². The third kappa shape index (κ3) is 3.68. The minimum atomic E-state index is -4.40. The molecule has 2 aliphatic heterocycles. The molecular weight excluding hydrogens is 379 g/mol. The van der Waals surface area contributed by atoms with E-state index in [-0.39, 0.29) is 13.0 Å². The zero-order valence-electron chi connectivity index (χ0n) is 14.8. The fourth-order valence-electron chi connectivity index (χ4n) is 3.44. The van der Waals surface area contributed by atoms with Crippen LogP contribution in [0.4, 0.5) is 22.0 Å². The molecule has 0 saturated carbocycles. The van der Waals surface area contributed by atoms with Crippen LogP contribution in [0.3, 0.4) is 0 Å². The third-order valence-electron chi connectivity index (χ3n) is 4.85. The minimum absolute atomic E-state index is 0.190. The maximum Gasteiger partial charge on any atom is 0.416 e. The van der Waals surface area contributed by atoms with Crippen LogP contribution >= 0.6 is 0 Å². The highest BCUT2D eigenvalue weighted by molar-refractivity contribution is 6.02. The Morgan fingerprint density at radius 2 is 1.71 bits per heavy atom. The van der Waals surface area contributed by atoms with Gasteiger partial charge in [-0.3, -0.25) is 4.99 Å². The van der Waals surface area contributed by atoms with E-state index >= 15 is 0 Å². The van der Waals surface area contributed by atoms with Gasteiger partial charge in [0.25, 0.3) is 5.92 Å². The van der Waals surface area contributed by atoms with Crippen molar-refractivity contribution in [3.8, 4) is 16.9 Å². The van der Waals surface area contributed by atoms with Crippen LogP contribution < -0.4 is 4.74 Å². The maximum absolute atomic E-state index is 13.7. The van der Waals surface area contributed by atoms with Crippen molar-refractivity contribution < 1.29 is 26.7 Å². The lowest BCUT2D eigenvalue weighted by atomic mass is 10.00. The largest absolute Gasteiger partial charge is 0.491 e. The number of likely N-dealkylation sites (tertiary alicyclic amines) is 1. The molecule has 4 rings (SSSR count). The zero-order valence-corrected chi connectivity index (χ0v) is 14.8. The first-order chi connectivity index (χ1) is 13.2. The smallest absolute Gasteiger partial charge is 0.416 e. The molecule has 148 valence electrons. The summed E-state index contributed by atoms with van der Waals surface area (Å²) in [5.74, 6) is -1.79. The predicted octanol–water partition coefficient (Wildman–Crippen LogP) is 4.85. The molecule has 0 N–H and O–H groups in total. The van der Waals surface area contributed by atoms with Gasteiger partial charge in [-0.05, 0) is 35.4 Å². The average Bonchev–Trinajstić information content (AvgIpc) is 2.88. The van der Waals surface area contributed by atoms with Gasteiger partial charge in [0, 0.05) is 13.0 Å². The number of ether oxygens (including phenoxy) is 1. The van der Waals surface area contributed by atoms with E-state index < -0.39 is 24.2 Å². The Morgan fingerprint density at radius 1 is 1.00 bits per heavy atom. The third-order valence-corrected chi connectivity index (χ3v) is 4.85. The second-order valence-corrected chi connectivity index (χ2v) is 6.87. The molecular formula is C20H17F5N2O. The number of hydrogen-bond acceptors (Lipinski definition) is 3. The van der Waals surface area contributed by atoms with Gasteiger partial charge in [-0.15, -0.1) is 0 Å². The summed E-state index contributed by atoms with van der Waals surface area (Å²) >= 11 is 0. The molecule has 2 heterocycles. The van der Waals surface area contributed by atoms with Crippen molar-refractivity contribution in [1.82, 2.24) is 4.90 Å². The van der Waals surface area contributed by atoms with Crippen LogP contribution in [-0.2, 0) is 6.18 Å². The topological polar surface area (TPSA) is 24.8 Å². The Hall–Kier alpha value is -2.64. The van der Waals surface area contributed by atoms with Gasteiger partial charge in [0.15, 0.2) is 0 Å². The van der Waals surface area contributed by atoms with Crippen molar-refractivity contribution in [3.63, 3.8) is 0 Å². The van der Waals surface area contributed by atoms with Gasteiger partial charge in [-0.2, -0.15) is 13.2 Å². The Morgan fingerprint density at radius 3 is 2.36 bits per heavy atom. The van der Waals surface area contributed by atoms with E-state index in [4.69, 9.17) is 4.74 Å². The molecule has 0 bridgehead atoms. The van der Waals surface area contributed by atoms with Gasteiger partial charge in [0.1, 0.15) is 18.2 Å². The van der Waals surface area contributed by atoms with Crippen molar-refractivity contribution >= 4 is 5.84 Å². The highest BCUT2D eigenvalue weighted by atomic mass is 19.4. The molecule has 3 nitrogen and oxygen atoms in total. The number of halogens is 5. The molecule has 0 radical (unpaired) electrons. The molecule has 28 heavy (non-hydrogen) atoms. The lowest BCUT2D eigenvalue weighted by molar-refractivity contribution is -0.137. The summed E-state index contributed by atoms with van der Waals surface area (Å²) in [6, 6.07) is 10.0. The molecule has 0 amide bonds. The van der Waals surface area contributed by atoms with Crippen LogP contribution in [0, 0.1) is 0 Å². The number of nitrogens with zero attached hydrogens (tertiary/aromatic N) is 2. The molecule has 0 spiro atoms. The van der Waals surface area contributed by atoms with Gasteiger partial charge < -0.3 is 9.64 Å². The lowest BCUT2D eigenvalue weighted by Crippen LogP contribution is -2.32.